The fraction of sp³-hybridized carbons (Fsp3) is 0.0357. The van der Waals surface area contributed by atoms with E-state index in [2.05, 4.69) is 16.0 Å². The zero-order chi connectivity index (χ0) is 25.3. The molecular formula is C28H23N3O4S. The van der Waals surface area contributed by atoms with E-state index < -0.39 is 11.2 Å². The summed E-state index contributed by atoms with van der Waals surface area (Å²) in [6, 6.07) is 31.4. The molecule has 4 N–H and O–H groups in total. The van der Waals surface area contributed by atoms with Crippen LogP contribution in [0.25, 0.3) is 0 Å². The Bertz CT molecular complexity index is 1350. The molecule has 4 aromatic rings. The molecule has 0 aliphatic heterocycles. The number of carboxylic acid groups (broad SMARTS) is 1. The Balaban J connectivity index is 1.46. The number of nitrogens with one attached hydrogen (secondary N) is 3. The summed E-state index contributed by atoms with van der Waals surface area (Å²) in [6.07, 6.45) is 0. The summed E-state index contributed by atoms with van der Waals surface area (Å²) < 4.78 is 0. The van der Waals surface area contributed by atoms with Gasteiger partial charge in [-0.05, 0) is 60.2 Å². The number of hydrogen-bond acceptors (Lipinski definition) is 4. The van der Waals surface area contributed by atoms with Gasteiger partial charge in [0.1, 0.15) is 5.25 Å². The molecule has 4 rings (SSSR count). The summed E-state index contributed by atoms with van der Waals surface area (Å²) in [5, 5.41) is 17.0. The van der Waals surface area contributed by atoms with Gasteiger partial charge < -0.3 is 21.1 Å². The maximum atomic E-state index is 13.2. The fourth-order valence-corrected chi connectivity index (χ4v) is 4.43. The largest absolute Gasteiger partial charge is 0.478 e. The number of carbonyl (C=O) groups excluding carboxylic acids is 2. The van der Waals surface area contributed by atoms with Crippen LogP contribution in [0.4, 0.5) is 21.9 Å². The number of aromatic carboxylic acids is 1. The van der Waals surface area contributed by atoms with E-state index >= 15 is 0 Å². The highest BCUT2D eigenvalue weighted by Gasteiger charge is 2.22. The number of thioether (sulfide) groups is 1. The molecule has 0 saturated carbocycles. The van der Waals surface area contributed by atoms with Crippen LogP contribution in [0.5, 0.6) is 0 Å². The van der Waals surface area contributed by atoms with Crippen molar-refractivity contribution in [2.24, 2.45) is 0 Å². The number of carbonyl (C=O) groups is 3. The Morgan fingerprint density at radius 1 is 0.639 bits per heavy atom. The van der Waals surface area contributed by atoms with Crippen molar-refractivity contribution in [2.75, 3.05) is 16.0 Å². The lowest BCUT2D eigenvalue weighted by atomic mass is 10.1. The third-order valence-electron chi connectivity index (χ3n) is 5.12. The number of carboxylic acids is 1. The summed E-state index contributed by atoms with van der Waals surface area (Å²) in [4.78, 5) is 37.6. The molecule has 8 heteroatoms. The number of urea groups is 1. The molecule has 4 aromatic carbocycles. The van der Waals surface area contributed by atoms with E-state index in [1.54, 1.807) is 36.4 Å². The Kier molecular flexibility index (Phi) is 8.00. The highest BCUT2D eigenvalue weighted by molar-refractivity contribution is 8.00. The van der Waals surface area contributed by atoms with Crippen molar-refractivity contribution < 1.29 is 19.5 Å². The van der Waals surface area contributed by atoms with Crippen molar-refractivity contribution in [3.63, 3.8) is 0 Å². The summed E-state index contributed by atoms with van der Waals surface area (Å²) in [6.45, 7) is 0. The summed E-state index contributed by atoms with van der Waals surface area (Å²) in [5.74, 6) is -1.34. The van der Waals surface area contributed by atoms with Crippen molar-refractivity contribution in [3.8, 4) is 0 Å². The molecule has 3 amide bonds. The summed E-state index contributed by atoms with van der Waals surface area (Å²) >= 11 is 1.35. The molecule has 0 radical (unpaired) electrons. The molecule has 0 bridgehead atoms. The van der Waals surface area contributed by atoms with Crippen LogP contribution >= 0.6 is 11.8 Å². The van der Waals surface area contributed by atoms with Gasteiger partial charge in [0, 0.05) is 22.0 Å². The molecule has 0 aliphatic rings. The Labute approximate surface area is 212 Å². The zero-order valence-corrected chi connectivity index (χ0v) is 19.9. The highest BCUT2D eigenvalue weighted by atomic mass is 32.2. The molecule has 0 aliphatic carbocycles. The van der Waals surface area contributed by atoms with Gasteiger partial charge in [-0.1, -0.05) is 54.6 Å². The van der Waals surface area contributed by atoms with E-state index in [1.807, 2.05) is 60.7 Å². The average Bonchev–Trinajstić information content (AvgIpc) is 2.89. The predicted molar refractivity (Wildman–Crippen MR) is 143 cm³/mol. The van der Waals surface area contributed by atoms with Crippen molar-refractivity contribution >= 4 is 46.7 Å². The first kappa shape index (κ1) is 24.6. The van der Waals surface area contributed by atoms with Crippen LogP contribution in [0.2, 0.25) is 0 Å². The lowest BCUT2D eigenvalue weighted by molar-refractivity contribution is -0.115. The van der Waals surface area contributed by atoms with Gasteiger partial charge in [-0.3, -0.25) is 4.79 Å². The first-order valence-corrected chi connectivity index (χ1v) is 11.9. The monoisotopic (exact) mass is 497 g/mol. The van der Waals surface area contributed by atoms with Gasteiger partial charge in [0.25, 0.3) is 0 Å². The minimum absolute atomic E-state index is 0.0936. The van der Waals surface area contributed by atoms with Gasteiger partial charge in [0.15, 0.2) is 0 Å². The second-order valence-corrected chi connectivity index (χ2v) is 8.93. The minimum Gasteiger partial charge on any atom is -0.478 e. The molecule has 0 fully saturated rings. The molecule has 1 atom stereocenters. The summed E-state index contributed by atoms with van der Waals surface area (Å²) in [7, 11) is 0. The molecule has 0 spiro atoms. The maximum Gasteiger partial charge on any atom is 0.335 e. The Hall–Kier alpha value is -4.56. The van der Waals surface area contributed by atoms with E-state index in [0.717, 1.165) is 10.5 Å². The standard InChI is InChI=1S/C28H23N3O4S/c32-26(29-23-13-7-10-20(18-23)27(33)34)25(19-8-3-1-4-9-19)36-24-16-14-22(15-17-24)31-28(35)30-21-11-5-2-6-12-21/h1-18,25H,(H,29,32)(H,33,34)(H2,30,31,35). The van der Waals surface area contributed by atoms with Crippen LogP contribution in [0, 0.1) is 0 Å². The van der Waals surface area contributed by atoms with Crippen LogP contribution in [0.15, 0.2) is 114 Å². The van der Waals surface area contributed by atoms with Crippen LogP contribution in [0.1, 0.15) is 21.2 Å². The third kappa shape index (κ3) is 6.74. The second kappa shape index (κ2) is 11.7. The average molecular weight is 498 g/mol. The molecule has 36 heavy (non-hydrogen) atoms. The molecule has 0 aromatic heterocycles. The van der Waals surface area contributed by atoms with Crippen molar-refractivity contribution in [1.82, 2.24) is 0 Å². The molecule has 180 valence electrons. The van der Waals surface area contributed by atoms with Gasteiger partial charge >= 0.3 is 12.0 Å². The van der Waals surface area contributed by atoms with Gasteiger partial charge in [-0.15, -0.1) is 11.8 Å². The second-order valence-electron chi connectivity index (χ2n) is 7.75. The van der Waals surface area contributed by atoms with Crippen molar-refractivity contribution in [2.45, 2.75) is 10.1 Å². The molecule has 0 saturated heterocycles. The predicted octanol–water partition coefficient (Wildman–Crippen LogP) is 6.50. The highest BCUT2D eigenvalue weighted by Crippen LogP contribution is 2.36. The zero-order valence-electron chi connectivity index (χ0n) is 19.0. The van der Waals surface area contributed by atoms with E-state index in [-0.39, 0.29) is 17.5 Å². The Morgan fingerprint density at radius 2 is 1.22 bits per heavy atom. The van der Waals surface area contributed by atoms with Crippen LogP contribution in [-0.2, 0) is 4.79 Å². The van der Waals surface area contributed by atoms with E-state index in [1.165, 1.54) is 23.9 Å². The van der Waals surface area contributed by atoms with E-state index in [4.69, 9.17) is 0 Å². The number of amides is 3. The van der Waals surface area contributed by atoms with E-state index in [9.17, 15) is 19.5 Å². The van der Waals surface area contributed by atoms with Crippen LogP contribution in [0.3, 0.4) is 0 Å². The lowest BCUT2D eigenvalue weighted by Gasteiger charge is -2.17. The van der Waals surface area contributed by atoms with Gasteiger partial charge in [-0.25, -0.2) is 9.59 Å². The van der Waals surface area contributed by atoms with Gasteiger partial charge in [0.05, 0.1) is 5.56 Å². The smallest absolute Gasteiger partial charge is 0.335 e. The van der Waals surface area contributed by atoms with Gasteiger partial charge in [-0.2, -0.15) is 0 Å². The minimum atomic E-state index is -1.06. The first-order chi connectivity index (χ1) is 17.5. The van der Waals surface area contributed by atoms with E-state index in [0.29, 0.717) is 17.1 Å². The van der Waals surface area contributed by atoms with Gasteiger partial charge in [0.2, 0.25) is 5.91 Å². The van der Waals surface area contributed by atoms with Crippen molar-refractivity contribution in [1.29, 1.82) is 0 Å². The molecule has 0 heterocycles. The third-order valence-corrected chi connectivity index (χ3v) is 6.38. The fourth-order valence-electron chi connectivity index (χ4n) is 3.41. The molecular weight excluding hydrogens is 474 g/mol. The molecule has 1 unspecified atom stereocenters. The lowest BCUT2D eigenvalue weighted by Crippen LogP contribution is -2.19. The SMILES string of the molecule is O=C(Nc1ccccc1)Nc1ccc(SC(C(=O)Nc2cccc(C(=O)O)c2)c2ccccc2)cc1. The number of para-hydroxylation sites is 1. The van der Waals surface area contributed by atoms with Crippen molar-refractivity contribution in [3.05, 3.63) is 120 Å². The number of rotatable bonds is 8. The number of benzene rings is 4. The summed E-state index contributed by atoms with van der Waals surface area (Å²) in [5.41, 5.74) is 2.60. The molecule has 7 nitrogen and oxygen atoms in total. The number of anilines is 3. The maximum absolute atomic E-state index is 13.2. The quantitative estimate of drug-likeness (QED) is 0.208. The normalized spacial score (nSPS) is 11.2. The topological polar surface area (TPSA) is 108 Å². The Morgan fingerprint density at radius 3 is 1.86 bits per heavy atom. The number of hydrogen-bond donors (Lipinski definition) is 4. The van der Waals surface area contributed by atoms with Crippen LogP contribution in [-0.4, -0.2) is 23.0 Å². The van der Waals surface area contributed by atoms with Crippen LogP contribution < -0.4 is 16.0 Å². The first-order valence-electron chi connectivity index (χ1n) is 11.1.